The van der Waals surface area contributed by atoms with Gasteiger partial charge < -0.3 is 29.9 Å². The second-order valence-electron chi connectivity index (χ2n) is 14.7. The van der Waals surface area contributed by atoms with Gasteiger partial charge in [-0.2, -0.15) is 4.98 Å². The number of allylic oxidation sites excluding steroid dienone is 1. The molecule has 3 atom stereocenters. The molecule has 2 aliphatic carbocycles. The van der Waals surface area contributed by atoms with Crippen molar-refractivity contribution in [3.63, 3.8) is 0 Å². The minimum Gasteiger partial charge on any atom is -0.476 e. The zero-order valence-electron chi connectivity index (χ0n) is 28.1. The van der Waals surface area contributed by atoms with Gasteiger partial charge in [0.1, 0.15) is 23.8 Å². The number of rotatable bonds is 6. The molecule has 0 unspecified atom stereocenters. The summed E-state index contributed by atoms with van der Waals surface area (Å²) in [7, 11) is 2.10. The van der Waals surface area contributed by atoms with E-state index in [1.54, 1.807) is 0 Å². The Labute approximate surface area is 267 Å². The number of anilines is 1. The Bertz CT molecular complexity index is 1320. The van der Waals surface area contributed by atoms with E-state index in [4.69, 9.17) is 25.2 Å². The van der Waals surface area contributed by atoms with E-state index < -0.39 is 11.0 Å². The fourth-order valence-corrected chi connectivity index (χ4v) is 7.35. The first-order valence-electron chi connectivity index (χ1n) is 16.8. The van der Waals surface area contributed by atoms with E-state index in [9.17, 15) is 14.4 Å². The molecule has 11 heteroatoms. The third kappa shape index (κ3) is 7.13. The summed E-state index contributed by atoms with van der Waals surface area (Å²) in [6, 6.07) is 2.03. The van der Waals surface area contributed by atoms with Crippen molar-refractivity contribution in [2.24, 2.45) is 17.1 Å². The molecule has 2 N–H and O–H groups in total. The molecule has 1 spiro atoms. The molecule has 5 rings (SSSR count). The summed E-state index contributed by atoms with van der Waals surface area (Å²) >= 11 is 0. The van der Waals surface area contributed by atoms with E-state index in [-0.39, 0.29) is 41.1 Å². The number of nitrogens with two attached hydrogens (primary N) is 1. The van der Waals surface area contributed by atoms with Crippen LogP contribution in [0.4, 0.5) is 10.6 Å². The van der Waals surface area contributed by atoms with Crippen LogP contribution in [0.25, 0.3) is 5.70 Å². The number of carbonyl (C=O) groups excluding carboxylic acids is 3. The summed E-state index contributed by atoms with van der Waals surface area (Å²) in [4.78, 5) is 56.0. The molecule has 2 saturated heterocycles. The van der Waals surface area contributed by atoms with Crippen LogP contribution in [0.2, 0.25) is 0 Å². The summed E-state index contributed by atoms with van der Waals surface area (Å²) in [6.45, 7) is 12.9. The minimum atomic E-state index is -0.955. The second-order valence-corrected chi connectivity index (χ2v) is 14.7. The number of hydrogen-bond acceptors (Lipinski definition) is 10. The van der Waals surface area contributed by atoms with Crippen molar-refractivity contribution in [1.29, 1.82) is 0 Å². The van der Waals surface area contributed by atoms with Gasteiger partial charge in [-0.25, -0.2) is 9.78 Å². The summed E-state index contributed by atoms with van der Waals surface area (Å²) in [6.07, 6.45) is 6.43. The molecule has 2 saturated carbocycles. The van der Waals surface area contributed by atoms with Crippen molar-refractivity contribution >= 4 is 29.2 Å². The first-order valence-corrected chi connectivity index (χ1v) is 16.8. The Morgan fingerprint density at radius 3 is 2.49 bits per heavy atom. The third-order valence-electron chi connectivity index (χ3n) is 10.0. The van der Waals surface area contributed by atoms with Gasteiger partial charge in [0.25, 0.3) is 0 Å². The number of Topliss-reactive ketones (excluding diaryl/α,β-unsaturated/α-hetero) is 2. The smallest absolute Gasteiger partial charge is 0.410 e. The number of hydrogen-bond donors (Lipinski definition) is 1. The van der Waals surface area contributed by atoms with Crippen LogP contribution in [0.15, 0.2) is 11.6 Å². The molecule has 248 valence electrons. The lowest BCUT2D eigenvalue weighted by Gasteiger charge is -2.44. The van der Waals surface area contributed by atoms with Gasteiger partial charge in [-0.1, -0.05) is 20.3 Å². The lowest BCUT2D eigenvalue weighted by atomic mass is 9.62. The van der Waals surface area contributed by atoms with Gasteiger partial charge in [0, 0.05) is 43.7 Å². The first-order chi connectivity index (χ1) is 21.3. The number of piperazine rings is 1. The van der Waals surface area contributed by atoms with Gasteiger partial charge in [-0.3, -0.25) is 9.59 Å². The molecule has 4 fully saturated rings. The Balaban J connectivity index is 1.47. The molecule has 2 aliphatic heterocycles. The van der Waals surface area contributed by atoms with Crippen LogP contribution in [0.1, 0.15) is 98.2 Å². The van der Waals surface area contributed by atoms with Gasteiger partial charge in [0.15, 0.2) is 11.6 Å². The van der Waals surface area contributed by atoms with Crippen LogP contribution < -0.4 is 15.4 Å². The SMILES string of the molecule is CC(C)[C@@H]1CN(c2cc(OC[C@@H]3CCCN3C)nc(/C(N)=C3\CCC[C@@]4(CCCCC4=O)C3=O)n2)CCN1C(=O)OC(C)(C)C. The van der Waals surface area contributed by atoms with Crippen LogP contribution in [-0.4, -0.2) is 94.9 Å². The average Bonchev–Trinajstić information content (AvgIpc) is 3.41. The van der Waals surface area contributed by atoms with Crippen LogP contribution in [0.5, 0.6) is 5.88 Å². The minimum absolute atomic E-state index is 0.0470. The molecule has 1 aromatic heterocycles. The number of carbonyl (C=O) groups is 3. The van der Waals surface area contributed by atoms with Crippen LogP contribution in [0.3, 0.4) is 0 Å². The number of likely N-dealkylation sites (N-methyl/N-ethyl adjacent to an activating group) is 1. The predicted molar refractivity (Wildman–Crippen MR) is 173 cm³/mol. The number of aromatic nitrogens is 2. The van der Waals surface area contributed by atoms with Crippen LogP contribution in [-0.2, 0) is 14.3 Å². The Morgan fingerprint density at radius 1 is 1.07 bits per heavy atom. The highest BCUT2D eigenvalue weighted by Crippen LogP contribution is 2.45. The van der Waals surface area contributed by atoms with Gasteiger partial charge in [0.05, 0.1) is 17.2 Å². The van der Waals surface area contributed by atoms with Crippen LogP contribution >= 0.6 is 0 Å². The van der Waals surface area contributed by atoms with Crippen molar-refractivity contribution in [3.05, 3.63) is 17.5 Å². The molecule has 1 aromatic rings. The number of ketones is 2. The summed E-state index contributed by atoms with van der Waals surface area (Å²) < 4.78 is 12.0. The Hall–Kier alpha value is -3.21. The van der Waals surface area contributed by atoms with Crippen LogP contribution in [0, 0.1) is 11.3 Å². The van der Waals surface area contributed by atoms with Crippen molar-refractivity contribution < 1.29 is 23.9 Å². The lowest BCUT2D eigenvalue weighted by molar-refractivity contribution is -0.143. The molecule has 0 bridgehead atoms. The zero-order chi connectivity index (χ0) is 32.5. The molecule has 4 aliphatic rings. The summed E-state index contributed by atoms with van der Waals surface area (Å²) in [5.74, 6) is 1.37. The van der Waals surface area contributed by atoms with Crippen molar-refractivity contribution in [2.45, 2.75) is 110 Å². The molecule has 0 radical (unpaired) electrons. The number of ether oxygens (including phenoxy) is 2. The van der Waals surface area contributed by atoms with Crippen molar-refractivity contribution in [3.8, 4) is 5.88 Å². The normalized spacial score (nSPS) is 27.8. The van der Waals surface area contributed by atoms with E-state index in [1.807, 2.05) is 31.7 Å². The standard InChI is InChI=1S/C34H52N6O5/c1-22(2)25-20-39(17-18-40(25)32(43)45-33(3,4)5)27-19-28(44-21-23-11-10-16-38(23)6)37-31(36-27)29(35)24-12-9-15-34(30(24)42)14-8-7-13-26(34)41/h19,22-23,25H,7-18,20-21,35H2,1-6H3/b29-24-/t23-,25-,34+/m0/s1. The lowest BCUT2D eigenvalue weighted by Crippen LogP contribution is -2.58. The first kappa shape index (κ1) is 33.2. The number of likely N-dealkylation sites (tertiary alicyclic amines) is 1. The van der Waals surface area contributed by atoms with Gasteiger partial charge in [-0.05, 0) is 85.2 Å². The maximum Gasteiger partial charge on any atom is 0.410 e. The van der Waals surface area contributed by atoms with E-state index in [0.29, 0.717) is 75.2 Å². The average molecular weight is 625 g/mol. The molecular weight excluding hydrogens is 572 g/mol. The predicted octanol–water partition coefficient (Wildman–Crippen LogP) is 4.58. The Kier molecular flexibility index (Phi) is 9.77. The third-order valence-corrected chi connectivity index (χ3v) is 10.0. The summed E-state index contributed by atoms with van der Waals surface area (Å²) in [5, 5.41) is 0. The molecule has 1 amide bonds. The van der Waals surface area contributed by atoms with E-state index in [1.165, 1.54) is 0 Å². The molecule has 11 nitrogen and oxygen atoms in total. The highest BCUT2D eigenvalue weighted by Gasteiger charge is 2.49. The highest BCUT2D eigenvalue weighted by atomic mass is 16.6. The number of amides is 1. The largest absolute Gasteiger partial charge is 0.476 e. The summed E-state index contributed by atoms with van der Waals surface area (Å²) in [5.41, 5.74) is 5.92. The quantitative estimate of drug-likeness (QED) is 0.354. The van der Waals surface area contributed by atoms with E-state index >= 15 is 0 Å². The van der Waals surface area contributed by atoms with Gasteiger partial charge in [0.2, 0.25) is 5.88 Å². The fraction of sp³-hybridized carbons (Fsp3) is 0.735. The number of nitrogens with zero attached hydrogens (tertiary/aromatic N) is 5. The molecular formula is C34H52N6O5. The fourth-order valence-electron chi connectivity index (χ4n) is 7.35. The Morgan fingerprint density at radius 2 is 1.82 bits per heavy atom. The molecule has 0 aromatic carbocycles. The van der Waals surface area contributed by atoms with E-state index in [0.717, 1.165) is 38.6 Å². The monoisotopic (exact) mass is 624 g/mol. The second kappa shape index (κ2) is 13.3. The van der Waals surface area contributed by atoms with E-state index in [2.05, 4.69) is 30.7 Å². The van der Waals surface area contributed by atoms with Crippen molar-refractivity contribution in [2.75, 3.05) is 44.7 Å². The maximum absolute atomic E-state index is 13.9. The topological polar surface area (TPSA) is 131 Å². The molecule has 3 heterocycles. The van der Waals surface area contributed by atoms with Crippen molar-refractivity contribution in [1.82, 2.24) is 19.8 Å². The zero-order valence-corrected chi connectivity index (χ0v) is 28.1. The highest BCUT2D eigenvalue weighted by molar-refractivity contribution is 6.17. The van der Waals surface area contributed by atoms with Gasteiger partial charge >= 0.3 is 6.09 Å². The van der Waals surface area contributed by atoms with Gasteiger partial charge in [-0.15, -0.1) is 0 Å². The maximum atomic E-state index is 13.9. The molecule has 45 heavy (non-hydrogen) atoms.